The molecule has 0 saturated heterocycles. The van der Waals surface area contributed by atoms with Gasteiger partial charge in [0.15, 0.2) is 6.10 Å². The third kappa shape index (κ3) is 61.8. The van der Waals surface area contributed by atoms with Crippen molar-refractivity contribution in [3.05, 3.63) is 60.8 Å². The Kier molecular flexibility index (Phi) is 61.2. The first kappa shape index (κ1) is 72.1. The molecule has 0 aromatic rings. The molecule has 0 rings (SSSR count). The Morgan fingerprint density at radius 1 is 0.280 bits per heavy atom. The fourth-order valence-corrected chi connectivity index (χ4v) is 9.61. The molecule has 0 spiro atoms. The molecule has 0 aromatic carbocycles. The summed E-state index contributed by atoms with van der Waals surface area (Å²) in [4.78, 5) is 38.2. The van der Waals surface area contributed by atoms with Gasteiger partial charge < -0.3 is 14.2 Å². The number of ether oxygens (including phenoxy) is 3. The molecule has 1 atom stereocenters. The number of allylic oxidation sites excluding steroid dienone is 10. The Hall–Kier alpha value is -2.89. The predicted octanol–water partition coefficient (Wildman–Crippen LogP) is 22.3. The van der Waals surface area contributed by atoms with Crippen molar-refractivity contribution < 1.29 is 28.6 Å². The van der Waals surface area contributed by atoms with Gasteiger partial charge in [-0.15, -0.1) is 0 Å². The van der Waals surface area contributed by atoms with Crippen LogP contribution in [-0.2, 0) is 28.6 Å². The smallest absolute Gasteiger partial charge is 0.306 e. The van der Waals surface area contributed by atoms with Crippen LogP contribution in [-0.4, -0.2) is 37.2 Å². The largest absolute Gasteiger partial charge is 0.462 e. The van der Waals surface area contributed by atoms with E-state index in [2.05, 4.69) is 81.5 Å². The minimum atomic E-state index is -0.771. The first-order chi connectivity index (χ1) is 37.0. The Balaban J connectivity index is 4.12. The van der Waals surface area contributed by atoms with Gasteiger partial charge in [-0.05, 0) is 83.5 Å². The number of rotatable bonds is 60. The van der Waals surface area contributed by atoms with E-state index in [0.29, 0.717) is 19.3 Å². The molecule has 0 heterocycles. The zero-order valence-corrected chi connectivity index (χ0v) is 50.1. The second-order valence-corrected chi connectivity index (χ2v) is 22.0. The summed E-state index contributed by atoms with van der Waals surface area (Å²) >= 11 is 0. The highest BCUT2D eigenvalue weighted by Gasteiger charge is 2.19. The van der Waals surface area contributed by atoms with Gasteiger partial charge in [0.2, 0.25) is 0 Å². The van der Waals surface area contributed by atoms with E-state index >= 15 is 0 Å². The van der Waals surface area contributed by atoms with Gasteiger partial charge in [-0.2, -0.15) is 0 Å². The number of carbonyl (C=O) groups is 3. The van der Waals surface area contributed by atoms with Gasteiger partial charge in [-0.3, -0.25) is 14.4 Å². The summed E-state index contributed by atoms with van der Waals surface area (Å²) in [6, 6.07) is 0. The summed E-state index contributed by atoms with van der Waals surface area (Å²) < 4.78 is 16.9. The Morgan fingerprint density at radius 3 is 0.827 bits per heavy atom. The molecule has 1 unspecified atom stereocenters. The lowest BCUT2D eigenvalue weighted by Crippen LogP contribution is -2.30. The summed E-state index contributed by atoms with van der Waals surface area (Å²) in [5.41, 5.74) is 0. The molecule has 0 aromatic heterocycles. The van der Waals surface area contributed by atoms with E-state index in [4.69, 9.17) is 14.2 Å². The third-order valence-electron chi connectivity index (χ3n) is 14.5. The number of hydrogen-bond acceptors (Lipinski definition) is 6. The van der Waals surface area contributed by atoms with Crippen molar-refractivity contribution in [3.63, 3.8) is 0 Å². The van der Waals surface area contributed by atoms with Crippen LogP contribution in [0.15, 0.2) is 60.8 Å². The van der Waals surface area contributed by atoms with Crippen molar-refractivity contribution in [3.8, 4) is 0 Å². The molecular formula is C69H124O6. The van der Waals surface area contributed by atoms with Gasteiger partial charge in [-0.25, -0.2) is 0 Å². The molecule has 6 heteroatoms. The maximum absolute atomic E-state index is 12.9. The topological polar surface area (TPSA) is 78.9 Å². The monoisotopic (exact) mass is 1050 g/mol. The van der Waals surface area contributed by atoms with E-state index in [-0.39, 0.29) is 31.1 Å². The standard InChI is InChI=1S/C69H124O6/c1-4-7-10-13-16-19-21-23-25-27-29-30-31-32-33-34-35-36-37-38-40-41-43-45-47-50-53-56-59-62-68(71)74-65-66(64-73-67(70)61-58-55-52-49-18-15-12-9-6-3)75-69(72)63-60-57-54-51-48-46-44-42-39-28-26-24-22-20-17-14-11-8-5-2/h7,10,16,19,23-26,29-30,66H,4-6,8-9,11-15,17-18,20-22,27-28,31-65H2,1-3H3/b10-7-,19-16-,25-23-,26-24-,30-29-. The van der Waals surface area contributed by atoms with E-state index in [1.165, 1.54) is 218 Å². The number of carbonyl (C=O) groups excluding carboxylic acids is 3. The molecule has 0 aliphatic heterocycles. The fraction of sp³-hybridized carbons (Fsp3) is 0.812. The van der Waals surface area contributed by atoms with Crippen LogP contribution in [0.3, 0.4) is 0 Å². The second-order valence-electron chi connectivity index (χ2n) is 22.0. The maximum atomic E-state index is 12.9. The Morgan fingerprint density at radius 2 is 0.520 bits per heavy atom. The van der Waals surface area contributed by atoms with Gasteiger partial charge in [-0.1, -0.05) is 300 Å². The quantitative estimate of drug-likeness (QED) is 0.0261. The zero-order chi connectivity index (χ0) is 54.3. The molecule has 0 bridgehead atoms. The first-order valence-electron chi connectivity index (χ1n) is 32.8. The van der Waals surface area contributed by atoms with Gasteiger partial charge >= 0.3 is 17.9 Å². The van der Waals surface area contributed by atoms with Crippen molar-refractivity contribution in [2.75, 3.05) is 13.2 Å². The summed E-state index contributed by atoms with van der Waals surface area (Å²) in [6.07, 6.45) is 81.0. The summed E-state index contributed by atoms with van der Waals surface area (Å²) in [5.74, 6) is -0.856. The molecule has 75 heavy (non-hydrogen) atoms. The van der Waals surface area contributed by atoms with Crippen LogP contribution in [0, 0.1) is 0 Å². The molecular weight excluding hydrogens is 925 g/mol. The average Bonchev–Trinajstić information content (AvgIpc) is 3.41. The van der Waals surface area contributed by atoms with Crippen LogP contribution in [0.4, 0.5) is 0 Å². The molecule has 0 aliphatic rings. The van der Waals surface area contributed by atoms with Gasteiger partial charge in [0.1, 0.15) is 13.2 Å². The highest BCUT2D eigenvalue weighted by Crippen LogP contribution is 2.17. The van der Waals surface area contributed by atoms with Crippen molar-refractivity contribution in [1.82, 2.24) is 0 Å². The fourth-order valence-electron chi connectivity index (χ4n) is 9.61. The lowest BCUT2D eigenvalue weighted by molar-refractivity contribution is -0.167. The highest BCUT2D eigenvalue weighted by molar-refractivity contribution is 5.71. The maximum Gasteiger partial charge on any atom is 0.306 e. The zero-order valence-electron chi connectivity index (χ0n) is 50.1. The van der Waals surface area contributed by atoms with Crippen molar-refractivity contribution in [2.45, 2.75) is 348 Å². The number of esters is 3. The van der Waals surface area contributed by atoms with Crippen LogP contribution < -0.4 is 0 Å². The predicted molar refractivity (Wildman–Crippen MR) is 325 cm³/mol. The van der Waals surface area contributed by atoms with Gasteiger partial charge in [0, 0.05) is 19.3 Å². The summed E-state index contributed by atoms with van der Waals surface area (Å²) in [5, 5.41) is 0. The lowest BCUT2D eigenvalue weighted by atomic mass is 10.0. The molecule has 0 fully saturated rings. The molecule has 436 valence electrons. The number of hydrogen-bond donors (Lipinski definition) is 0. The molecule has 0 radical (unpaired) electrons. The van der Waals surface area contributed by atoms with Gasteiger partial charge in [0.25, 0.3) is 0 Å². The van der Waals surface area contributed by atoms with Crippen molar-refractivity contribution in [1.29, 1.82) is 0 Å². The molecule has 0 saturated carbocycles. The molecule has 6 nitrogen and oxygen atoms in total. The summed E-state index contributed by atoms with van der Waals surface area (Å²) in [7, 11) is 0. The first-order valence-corrected chi connectivity index (χ1v) is 32.8. The SMILES string of the molecule is CC/C=C\C/C=C\C/C=C\C/C=C\CCCCCCCCCCCCCCCCCCC(=O)OCC(COC(=O)CCCCCCCCCCC)OC(=O)CCCCCCCCCCC/C=C\CCCCCCCC. The minimum Gasteiger partial charge on any atom is -0.462 e. The third-order valence-corrected chi connectivity index (χ3v) is 14.5. The highest BCUT2D eigenvalue weighted by atomic mass is 16.6. The molecule has 0 amide bonds. The number of unbranched alkanes of at least 4 members (excludes halogenated alkanes) is 39. The van der Waals surface area contributed by atoms with E-state index in [1.807, 2.05) is 0 Å². The lowest BCUT2D eigenvalue weighted by Gasteiger charge is -2.18. The van der Waals surface area contributed by atoms with E-state index in [1.54, 1.807) is 0 Å². The molecule has 0 aliphatic carbocycles. The Labute approximate surface area is 466 Å². The van der Waals surface area contributed by atoms with Crippen LogP contribution in [0.1, 0.15) is 342 Å². The van der Waals surface area contributed by atoms with Crippen LogP contribution in [0.25, 0.3) is 0 Å². The van der Waals surface area contributed by atoms with Crippen LogP contribution >= 0.6 is 0 Å². The minimum absolute atomic E-state index is 0.0701. The van der Waals surface area contributed by atoms with Crippen molar-refractivity contribution >= 4 is 17.9 Å². The van der Waals surface area contributed by atoms with Crippen LogP contribution in [0.5, 0.6) is 0 Å². The summed E-state index contributed by atoms with van der Waals surface area (Å²) in [6.45, 7) is 6.55. The average molecular weight is 1050 g/mol. The van der Waals surface area contributed by atoms with E-state index in [0.717, 1.165) is 83.5 Å². The van der Waals surface area contributed by atoms with Gasteiger partial charge in [0.05, 0.1) is 0 Å². The Bertz CT molecular complexity index is 1340. The van der Waals surface area contributed by atoms with E-state index < -0.39 is 6.10 Å². The molecule has 0 N–H and O–H groups in total. The second kappa shape index (κ2) is 63.6. The van der Waals surface area contributed by atoms with E-state index in [9.17, 15) is 14.4 Å². The van der Waals surface area contributed by atoms with Crippen LogP contribution in [0.2, 0.25) is 0 Å². The normalized spacial score (nSPS) is 12.4. The van der Waals surface area contributed by atoms with Crippen molar-refractivity contribution in [2.24, 2.45) is 0 Å².